The van der Waals surface area contributed by atoms with E-state index in [1.54, 1.807) is 0 Å². The van der Waals surface area contributed by atoms with Gasteiger partial charge in [-0.3, -0.25) is 0 Å². The first kappa shape index (κ1) is 15.3. The number of rotatable bonds is 4. The predicted molar refractivity (Wildman–Crippen MR) is 96.3 cm³/mol. The van der Waals surface area contributed by atoms with Gasteiger partial charge in [0, 0.05) is 16.3 Å². The minimum Gasteiger partial charge on any atom is -0.397 e. The van der Waals surface area contributed by atoms with E-state index in [0.717, 1.165) is 25.2 Å². The van der Waals surface area contributed by atoms with Crippen LogP contribution in [-0.2, 0) is 0 Å². The lowest BCUT2D eigenvalue weighted by atomic mass is 10.1. The van der Waals surface area contributed by atoms with Gasteiger partial charge in [-0.2, -0.15) is 0 Å². The molecule has 0 spiro atoms. The Morgan fingerprint density at radius 3 is 2.68 bits per heavy atom. The highest BCUT2D eigenvalue weighted by Crippen LogP contribution is 2.50. The highest BCUT2D eigenvalue weighted by Gasteiger charge is 2.25. The van der Waals surface area contributed by atoms with Gasteiger partial charge in [-0.15, -0.1) is 0 Å². The first-order valence-corrected chi connectivity index (χ1v) is 8.47. The number of nitrogens with two attached hydrogens (primary N) is 1. The summed E-state index contributed by atoms with van der Waals surface area (Å²) < 4.78 is 0. The maximum Gasteiger partial charge on any atom is 0.0786 e. The van der Waals surface area contributed by atoms with Gasteiger partial charge in [0.05, 0.1) is 17.1 Å². The lowest BCUT2D eigenvalue weighted by molar-refractivity contribution is 0.402. The number of aryl methyl sites for hydroxylation is 1. The molecule has 1 heterocycles. The Labute approximate surface area is 137 Å². The molecule has 1 aliphatic rings. The van der Waals surface area contributed by atoms with E-state index < -0.39 is 0 Å². The zero-order valence-corrected chi connectivity index (χ0v) is 14.3. The monoisotopic (exact) mass is 313 g/mol. The normalized spacial score (nSPS) is 13.2. The largest absolute Gasteiger partial charge is 0.397 e. The molecule has 0 saturated carbocycles. The molecule has 0 aliphatic carbocycles. The first-order valence-electron chi connectivity index (χ1n) is 7.65. The zero-order valence-electron chi connectivity index (χ0n) is 13.5. The predicted octanol–water partition coefficient (Wildman–Crippen LogP) is 4.13. The molecule has 0 amide bonds. The van der Waals surface area contributed by atoms with Crippen molar-refractivity contribution in [2.24, 2.45) is 0 Å². The average Bonchev–Trinajstić information content (AvgIpc) is 2.45. The highest BCUT2D eigenvalue weighted by atomic mass is 32.2. The topological polar surface area (TPSA) is 32.5 Å². The zero-order chi connectivity index (χ0) is 15.7. The van der Waals surface area contributed by atoms with E-state index in [-0.39, 0.29) is 0 Å². The van der Waals surface area contributed by atoms with Crippen molar-refractivity contribution in [3.63, 3.8) is 0 Å². The van der Waals surface area contributed by atoms with Gasteiger partial charge in [0.2, 0.25) is 0 Å². The summed E-state index contributed by atoms with van der Waals surface area (Å²) in [6.45, 7) is 4.16. The summed E-state index contributed by atoms with van der Waals surface area (Å²) in [5.74, 6) is 0. The molecule has 0 saturated heterocycles. The van der Waals surface area contributed by atoms with Crippen LogP contribution in [0.25, 0.3) is 0 Å². The summed E-state index contributed by atoms with van der Waals surface area (Å²) in [6, 6.07) is 12.9. The van der Waals surface area contributed by atoms with Crippen LogP contribution < -0.4 is 10.6 Å². The van der Waals surface area contributed by atoms with Gasteiger partial charge in [-0.05, 0) is 63.8 Å². The van der Waals surface area contributed by atoms with Crippen molar-refractivity contribution in [1.29, 1.82) is 0 Å². The number of nitrogen functional groups attached to an aromatic ring is 1. The Morgan fingerprint density at radius 1 is 1.14 bits per heavy atom. The van der Waals surface area contributed by atoms with E-state index >= 15 is 0 Å². The molecule has 2 aromatic carbocycles. The molecule has 0 radical (unpaired) electrons. The summed E-state index contributed by atoms with van der Waals surface area (Å²) in [5, 5.41) is 0. The average molecular weight is 313 g/mol. The third-order valence-corrected chi connectivity index (χ3v) is 4.98. The Balaban J connectivity index is 2.00. The highest BCUT2D eigenvalue weighted by molar-refractivity contribution is 7.99. The van der Waals surface area contributed by atoms with Crippen molar-refractivity contribution in [1.82, 2.24) is 4.90 Å². The van der Waals surface area contributed by atoms with Crippen LogP contribution in [0.3, 0.4) is 0 Å². The van der Waals surface area contributed by atoms with Crippen molar-refractivity contribution in [3.05, 3.63) is 42.0 Å². The summed E-state index contributed by atoms with van der Waals surface area (Å²) in [4.78, 5) is 7.19. The van der Waals surface area contributed by atoms with Crippen molar-refractivity contribution >= 4 is 28.8 Å². The van der Waals surface area contributed by atoms with E-state index in [2.05, 4.69) is 67.2 Å². The fourth-order valence-electron chi connectivity index (χ4n) is 2.92. The van der Waals surface area contributed by atoms with Crippen molar-refractivity contribution in [3.8, 4) is 0 Å². The van der Waals surface area contributed by atoms with Gasteiger partial charge in [0.15, 0.2) is 0 Å². The number of para-hydroxylation sites is 1. The molecule has 0 atom stereocenters. The summed E-state index contributed by atoms with van der Waals surface area (Å²) in [7, 11) is 4.23. The summed E-state index contributed by atoms with van der Waals surface area (Å²) in [5.41, 5.74) is 10.9. The second-order valence-corrected chi connectivity index (χ2v) is 7.16. The van der Waals surface area contributed by atoms with Crippen molar-refractivity contribution in [2.45, 2.75) is 23.1 Å². The van der Waals surface area contributed by atoms with Gasteiger partial charge in [0.1, 0.15) is 0 Å². The van der Waals surface area contributed by atoms with Crippen LogP contribution >= 0.6 is 11.8 Å². The lowest BCUT2D eigenvalue weighted by Gasteiger charge is -2.34. The molecule has 3 nitrogen and oxygen atoms in total. The standard InChI is InChI=1S/C18H23N3S/c1-13-11-14(19)18-17(12-13)22-16-8-5-4-7-15(16)21(18)10-6-9-20(2)3/h4-5,7-8,11-12H,6,9-10,19H2,1-3H3. The van der Waals surface area contributed by atoms with Crippen molar-refractivity contribution < 1.29 is 0 Å². The Bertz CT molecular complexity index is 682. The number of fused-ring (bicyclic) bond motifs is 2. The molecule has 116 valence electrons. The quantitative estimate of drug-likeness (QED) is 0.860. The smallest absolute Gasteiger partial charge is 0.0786 e. The fraction of sp³-hybridized carbons (Fsp3) is 0.333. The molecule has 1 aliphatic heterocycles. The fourth-order valence-corrected chi connectivity index (χ4v) is 4.16. The minimum atomic E-state index is 0.877. The van der Waals surface area contributed by atoms with Gasteiger partial charge in [-0.25, -0.2) is 0 Å². The summed E-state index contributed by atoms with van der Waals surface area (Å²) in [6.07, 6.45) is 1.11. The van der Waals surface area contributed by atoms with Gasteiger partial charge >= 0.3 is 0 Å². The summed E-state index contributed by atoms with van der Waals surface area (Å²) >= 11 is 1.82. The van der Waals surface area contributed by atoms with E-state index in [1.807, 2.05) is 11.8 Å². The van der Waals surface area contributed by atoms with Crippen molar-refractivity contribution in [2.75, 3.05) is 37.8 Å². The minimum absolute atomic E-state index is 0.877. The van der Waals surface area contributed by atoms with Crippen LogP contribution in [0.5, 0.6) is 0 Å². The maximum atomic E-state index is 6.36. The van der Waals surface area contributed by atoms with E-state index in [4.69, 9.17) is 5.73 Å². The second kappa shape index (κ2) is 6.23. The van der Waals surface area contributed by atoms with Gasteiger partial charge < -0.3 is 15.5 Å². The Kier molecular flexibility index (Phi) is 4.32. The number of benzene rings is 2. The third kappa shape index (κ3) is 2.94. The van der Waals surface area contributed by atoms with E-state index in [0.29, 0.717) is 0 Å². The molecule has 0 bridgehead atoms. The molecule has 2 N–H and O–H groups in total. The lowest BCUT2D eigenvalue weighted by Crippen LogP contribution is -2.26. The second-order valence-electron chi connectivity index (χ2n) is 6.08. The van der Waals surface area contributed by atoms with Crippen LogP contribution in [0.15, 0.2) is 46.2 Å². The van der Waals surface area contributed by atoms with Crippen LogP contribution in [0, 0.1) is 6.92 Å². The van der Waals surface area contributed by atoms with Crippen LogP contribution in [-0.4, -0.2) is 32.1 Å². The van der Waals surface area contributed by atoms with E-state index in [1.165, 1.54) is 26.7 Å². The van der Waals surface area contributed by atoms with Gasteiger partial charge in [-0.1, -0.05) is 23.9 Å². The molecular formula is C18H23N3S. The molecule has 0 aromatic heterocycles. The Hall–Kier alpha value is -1.65. The molecule has 0 fully saturated rings. The molecule has 22 heavy (non-hydrogen) atoms. The Morgan fingerprint density at radius 2 is 1.91 bits per heavy atom. The molecule has 2 aromatic rings. The molecule has 3 rings (SSSR count). The van der Waals surface area contributed by atoms with Crippen LogP contribution in [0.2, 0.25) is 0 Å². The number of hydrogen-bond donors (Lipinski definition) is 1. The molecule has 4 heteroatoms. The first-order chi connectivity index (χ1) is 10.6. The number of nitrogens with zero attached hydrogens (tertiary/aromatic N) is 2. The van der Waals surface area contributed by atoms with Crippen LogP contribution in [0.4, 0.5) is 17.1 Å². The molecular weight excluding hydrogens is 290 g/mol. The van der Waals surface area contributed by atoms with Gasteiger partial charge in [0.25, 0.3) is 0 Å². The molecule has 0 unspecified atom stereocenters. The third-order valence-electron chi connectivity index (χ3n) is 3.88. The number of hydrogen-bond acceptors (Lipinski definition) is 4. The SMILES string of the molecule is Cc1cc(N)c2c(c1)Sc1ccccc1N2CCCN(C)C. The van der Waals surface area contributed by atoms with E-state index in [9.17, 15) is 0 Å². The maximum absolute atomic E-state index is 6.36. The van der Waals surface area contributed by atoms with Crippen LogP contribution in [0.1, 0.15) is 12.0 Å². The number of anilines is 3.